The second-order valence-electron chi connectivity index (χ2n) is 6.81. The highest BCUT2D eigenvalue weighted by molar-refractivity contribution is 9.10. The fraction of sp³-hybridized carbons (Fsp3) is 0.500. The number of phenolic OH excluding ortho intramolecular Hbond substituents is 1. The number of pyridine rings is 1. The van der Waals surface area contributed by atoms with Crippen LogP contribution in [0.15, 0.2) is 28.7 Å². The van der Waals surface area contributed by atoms with E-state index in [1.54, 1.807) is 0 Å². The molecule has 0 aliphatic rings. The van der Waals surface area contributed by atoms with Crippen molar-refractivity contribution in [3.63, 3.8) is 0 Å². The van der Waals surface area contributed by atoms with Gasteiger partial charge in [-0.05, 0) is 38.0 Å². The molecule has 2 aromatic rings. The molecule has 25 heavy (non-hydrogen) atoms. The van der Waals surface area contributed by atoms with E-state index >= 15 is 0 Å². The predicted molar refractivity (Wildman–Crippen MR) is 112 cm³/mol. The van der Waals surface area contributed by atoms with Crippen LogP contribution in [0.4, 0.5) is 0 Å². The minimum Gasteiger partial charge on any atom is -0.505 e. The zero-order valence-corrected chi connectivity index (χ0v) is 17.1. The first kappa shape index (κ1) is 20.0. The Morgan fingerprint density at radius 1 is 1.04 bits per heavy atom. The van der Waals surface area contributed by atoms with E-state index < -0.39 is 0 Å². The minimum absolute atomic E-state index is 0.272. The molecule has 2 rings (SSSR count). The molecule has 0 aliphatic carbocycles. The smallest absolute Gasteiger partial charge is 0.149 e. The number of halogens is 1. The Labute approximate surface area is 160 Å². The SMILES string of the molecule is CCCCCCCCCCC=Cc1cc(Br)c2ccc(C)nc2c1O. The number of aromatic hydroxyl groups is 1. The normalized spacial score (nSPS) is 11.6. The number of hydrogen-bond donors (Lipinski definition) is 1. The highest BCUT2D eigenvalue weighted by Crippen LogP contribution is 2.34. The number of benzene rings is 1. The Hall–Kier alpha value is -1.35. The molecular weight excluding hydrogens is 374 g/mol. The van der Waals surface area contributed by atoms with Crippen molar-refractivity contribution >= 4 is 32.9 Å². The highest BCUT2D eigenvalue weighted by Gasteiger charge is 2.09. The molecule has 2 nitrogen and oxygen atoms in total. The van der Waals surface area contributed by atoms with Crippen molar-refractivity contribution in [2.24, 2.45) is 0 Å². The summed E-state index contributed by atoms with van der Waals surface area (Å²) in [4.78, 5) is 4.48. The third-order valence-corrected chi connectivity index (χ3v) is 5.25. The van der Waals surface area contributed by atoms with Crippen LogP contribution in [0.5, 0.6) is 5.75 Å². The zero-order valence-electron chi connectivity index (χ0n) is 15.5. The average Bonchev–Trinajstić information content (AvgIpc) is 2.60. The lowest BCUT2D eigenvalue weighted by Gasteiger charge is -2.07. The molecule has 0 aliphatic heterocycles. The first-order chi connectivity index (χ1) is 12.1. The maximum Gasteiger partial charge on any atom is 0.149 e. The van der Waals surface area contributed by atoms with Gasteiger partial charge in [0.05, 0.1) is 0 Å². The number of rotatable bonds is 10. The van der Waals surface area contributed by atoms with E-state index in [-0.39, 0.29) is 5.75 Å². The summed E-state index contributed by atoms with van der Waals surface area (Å²) >= 11 is 3.59. The van der Waals surface area contributed by atoms with Gasteiger partial charge in [0, 0.05) is 21.1 Å². The molecule has 136 valence electrons. The quantitative estimate of drug-likeness (QED) is 0.415. The average molecular weight is 404 g/mol. The van der Waals surface area contributed by atoms with Crippen LogP contribution in [0.25, 0.3) is 17.0 Å². The molecular formula is C22H30BrNO. The Balaban J connectivity index is 1.84. The molecule has 0 atom stereocenters. The Kier molecular flexibility index (Phi) is 8.47. The first-order valence-corrected chi connectivity index (χ1v) is 10.4. The van der Waals surface area contributed by atoms with Crippen molar-refractivity contribution in [3.05, 3.63) is 40.0 Å². The number of unbranched alkanes of at least 4 members (excludes halogenated alkanes) is 8. The molecule has 1 heterocycles. The molecule has 0 bridgehead atoms. The molecule has 3 heteroatoms. The molecule has 1 aromatic heterocycles. The Bertz CT molecular complexity index is 709. The van der Waals surface area contributed by atoms with Gasteiger partial charge in [-0.15, -0.1) is 0 Å². The van der Waals surface area contributed by atoms with E-state index in [0.29, 0.717) is 5.52 Å². The minimum atomic E-state index is 0.272. The third-order valence-electron chi connectivity index (χ3n) is 4.59. The molecule has 0 unspecified atom stereocenters. The van der Waals surface area contributed by atoms with Gasteiger partial charge in [-0.25, -0.2) is 4.98 Å². The van der Waals surface area contributed by atoms with Gasteiger partial charge in [0.15, 0.2) is 0 Å². The fourth-order valence-corrected chi connectivity index (χ4v) is 3.65. The number of phenols is 1. The van der Waals surface area contributed by atoms with Crippen molar-refractivity contribution in [2.45, 2.75) is 71.6 Å². The Morgan fingerprint density at radius 2 is 1.72 bits per heavy atom. The maximum absolute atomic E-state index is 10.5. The molecule has 0 amide bonds. The van der Waals surface area contributed by atoms with Crippen LogP contribution in [0, 0.1) is 6.92 Å². The van der Waals surface area contributed by atoms with Crippen LogP contribution in [-0.4, -0.2) is 10.1 Å². The van der Waals surface area contributed by atoms with Crippen LogP contribution in [0.3, 0.4) is 0 Å². The largest absolute Gasteiger partial charge is 0.505 e. The molecule has 0 saturated heterocycles. The number of allylic oxidation sites excluding steroid dienone is 1. The summed E-state index contributed by atoms with van der Waals surface area (Å²) in [5, 5.41) is 11.5. The summed E-state index contributed by atoms with van der Waals surface area (Å²) in [6.45, 7) is 4.20. The van der Waals surface area contributed by atoms with E-state index in [2.05, 4.69) is 33.9 Å². The summed E-state index contributed by atoms with van der Waals surface area (Å²) < 4.78 is 0.972. The number of aryl methyl sites for hydroxylation is 1. The van der Waals surface area contributed by atoms with Gasteiger partial charge in [0.25, 0.3) is 0 Å². The van der Waals surface area contributed by atoms with Crippen LogP contribution in [0.1, 0.15) is 76.0 Å². The van der Waals surface area contributed by atoms with Crippen LogP contribution in [-0.2, 0) is 0 Å². The van der Waals surface area contributed by atoms with Crippen LogP contribution in [0.2, 0.25) is 0 Å². The van der Waals surface area contributed by atoms with Gasteiger partial charge >= 0.3 is 0 Å². The van der Waals surface area contributed by atoms with Gasteiger partial charge in [-0.2, -0.15) is 0 Å². The van der Waals surface area contributed by atoms with Gasteiger partial charge < -0.3 is 5.11 Å². The Morgan fingerprint density at radius 3 is 2.44 bits per heavy atom. The summed E-state index contributed by atoms with van der Waals surface area (Å²) in [5.41, 5.74) is 2.41. The van der Waals surface area contributed by atoms with E-state index in [9.17, 15) is 5.11 Å². The van der Waals surface area contributed by atoms with Gasteiger partial charge in [-0.3, -0.25) is 0 Å². The van der Waals surface area contributed by atoms with Crippen LogP contribution >= 0.6 is 15.9 Å². The van der Waals surface area contributed by atoms with Gasteiger partial charge in [0.1, 0.15) is 11.3 Å². The second kappa shape index (κ2) is 10.6. The highest BCUT2D eigenvalue weighted by atomic mass is 79.9. The summed E-state index contributed by atoms with van der Waals surface area (Å²) in [6.07, 6.45) is 15.9. The van der Waals surface area contributed by atoms with Crippen molar-refractivity contribution in [1.82, 2.24) is 4.98 Å². The fourth-order valence-electron chi connectivity index (χ4n) is 3.08. The molecule has 0 radical (unpaired) electrons. The van der Waals surface area contributed by atoms with E-state index in [1.807, 2.05) is 31.2 Å². The lowest BCUT2D eigenvalue weighted by atomic mass is 10.1. The van der Waals surface area contributed by atoms with E-state index in [0.717, 1.165) is 27.5 Å². The summed E-state index contributed by atoms with van der Waals surface area (Å²) in [7, 11) is 0. The van der Waals surface area contributed by atoms with Crippen molar-refractivity contribution in [3.8, 4) is 5.75 Å². The van der Waals surface area contributed by atoms with Gasteiger partial charge in [0.2, 0.25) is 0 Å². The number of aromatic nitrogens is 1. The third kappa shape index (κ3) is 6.14. The number of fused-ring (bicyclic) bond motifs is 1. The standard InChI is InChI=1S/C22H30BrNO/c1-3-4-5-6-7-8-9-10-11-12-13-18-16-20(23)19-15-14-17(2)24-21(19)22(18)25/h12-16,25H,3-11H2,1-2H3. The second-order valence-corrected chi connectivity index (χ2v) is 7.67. The van der Waals surface area contributed by atoms with Crippen LogP contribution < -0.4 is 0 Å². The van der Waals surface area contributed by atoms with Crippen molar-refractivity contribution in [2.75, 3.05) is 0 Å². The maximum atomic E-state index is 10.5. The topological polar surface area (TPSA) is 33.1 Å². The van der Waals surface area contributed by atoms with E-state index in [1.165, 1.54) is 51.4 Å². The van der Waals surface area contributed by atoms with E-state index in [4.69, 9.17) is 0 Å². The first-order valence-electron chi connectivity index (χ1n) is 9.59. The predicted octanol–water partition coefficient (Wildman–Crippen LogP) is 7.56. The lowest BCUT2D eigenvalue weighted by molar-refractivity contribution is 0.479. The number of hydrogen-bond acceptors (Lipinski definition) is 2. The molecule has 1 aromatic carbocycles. The summed E-state index contributed by atoms with van der Waals surface area (Å²) in [6, 6.07) is 5.93. The van der Waals surface area contributed by atoms with Crippen molar-refractivity contribution < 1.29 is 5.11 Å². The van der Waals surface area contributed by atoms with Crippen molar-refractivity contribution in [1.29, 1.82) is 0 Å². The molecule has 0 fully saturated rings. The molecule has 0 saturated carbocycles. The zero-order chi connectivity index (χ0) is 18.1. The monoisotopic (exact) mass is 403 g/mol. The van der Waals surface area contributed by atoms with Gasteiger partial charge in [-0.1, -0.05) is 80.0 Å². The molecule has 0 spiro atoms. The number of nitrogens with zero attached hydrogens (tertiary/aromatic N) is 1. The lowest BCUT2D eigenvalue weighted by Crippen LogP contribution is -1.87. The molecule has 1 N–H and O–H groups in total. The summed E-state index contributed by atoms with van der Waals surface area (Å²) in [5.74, 6) is 0.272.